The molecule has 2 aromatic carbocycles. The molecule has 1 fully saturated rings. The van der Waals surface area contributed by atoms with Crippen LogP contribution in [-0.2, 0) is 13.1 Å². The van der Waals surface area contributed by atoms with Crippen LogP contribution in [0.4, 0.5) is 13.2 Å². The molecule has 3 nitrogen and oxygen atoms in total. The van der Waals surface area contributed by atoms with E-state index in [-0.39, 0.29) is 18.5 Å². The fraction of sp³-hybridized carbons (Fsp3) is 0.400. The lowest BCUT2D eigenvalue weighted by atomic mass is 10.1. The molecule has 1 heterocycles. The molecular weight excluding hydrogens is 341 g/mol. The number of hydrogen-bond donors (Lipinski definition) is 1. The van der Waals surface area contributed by atoms with Crippen molar-refractivity contribution in [2.75, 3.05) is 26.2 Å². The maximum atomic E-state index is 13.4. The van der Waals surface area contributed by atoms with Crippen LogP contribution in [0.1, 0.15) is 17.5 Å². The quantitative estimate of drug-likeness (QED) is 0.853. The molecule has 3 rings (SSSR count). The summed E-state index contributed by atoms with van der Waals surface area (Å²) in [5.41, 5.74) is 1.63. The summed E-state index contributed by atoms with van der Waals surface area (Å²) in [7, 11) is 0. The van der Waals surface area contributed by atoms with E-state index in [0.717, 1.165) is 24.7 Å². The Balaban J connectivity index is 1.64. The van der Waals surface area contributed by atoms with Crippen molar-refractivity contribution in [1.29, 1.82) is 0 Å². The second-order valence-corrected chi connectivity index (χ2v) is 6.78. The van der Waals surface area contributed by atoms with Crippen LogP contribution in [0.2, 0.25) is 0 Å². The van der Waals surface area contributed by atoms with E-state index in [9.17, 15) is 18.3 Å². The predicted octanol–water partition coefficient (Wildman–Crippen LogP) is 3.17. The highest BCUT2D eigenvalue weighted by atomic mass is 19.1. The highest BCUT2D eigenvalue weighted by Crippen LogP contribution is 2.19. The molecular formula is C20H23F3N2O. The summed E-state index contributed by atoms with van der Waals surface area (Å²) in [4.78, 5) is 4.42. The number of aliphatic hydroxyl groups excluding tert-OH is 1. The van der Waals surface area contributed by atoms with Crippen molar-refractivity contribution in [3.05, 3.63) is 71.0 Å². The molecule has 2 aromatic rings. The summed E-state index contributed by atoms with van der Waals surface area (Å²) < 4.78 is 39.8. The molecule has 6 heteroatoms. The van der Waals surface area contributed by atoms with Crippen molar-refractivity contribution in [1.82, 2.24) is 9.80 Å². The molecule has 1 aliphatic rings. The van der Waals surface area contributed by atoms with Gasteiger partial charge in [0.1, 0.15) is 17.5 Å². The SMILES string of the molecule is OCC[C@H]1CN(Cc2cc(F)cc(F)c2)CCN1Cc1ccc(F)cc1. The number of aliphatic hydroxyl groups is 1. The lowest BCUT2D eigenvalue weighted by molar-refractivity contribution is 0.0499. The molecule has 140 valence electrons. The molecule has 0 bridgehead atoms. The van der Waals surface area contributed by atoms with Crippen LogP contribution in [0.25, 0.3) is 0 Å². The van der Waals surface area contributed by atoms with Gasteiger partial charge in [0.15, 0.2) is 0 Å². The number of halogens is 3. The average molecular weight is 364 g/mol. The van der Waals surface area contributed by atoms with Crippen LogP contribution in [0.15, 0.2) is 42.5 Å². The number of piperazine rings is 1. The maximum Gasteiger partial charge on any atom is 0.126 e. The van der Waals surface area contributed by atoms with Crippen molar-refractivity contribution in [2.45, 2.75) is 25.6 Å². The predicted molar refractivity (Wildman–Crippen MR) is 93.9 cm³/mol. The van der Waals surface area contributed by atoms with E-state index in [2.05, 4.69) is 9.80 Å². The minimum atomic E-state index is -0.568. The Morgan fingerprint density at radius 1 is 0.846 bits per heavy atom. The van der Waals surface area contributed by atoms with Gasteiger partial charge in [0, 0.05) is 51.4 Å². The summed E-state index contributed by atoms with van der Waals surface area (Å²) in [5, 5.41) is 9.39. The van der Waals surface area contributed by atoms with Gasteiger partial charge < -0.3 is 5.11 Å². The Labute approximate surface area is 151 Å². The lowest BCUT2D eigenvalue weighted by Gasteiger charge is -2.41. The van der Waals surface area contributed by atoms with Gasteiger partial charge >= 0.3 is 0 Å². The minimum absolute atomic E-state index is 0.0764. The summed E-state index contributed by atoms with van der Waals surface area (Å²) >= 11 is 0. The van der Waals surface area contributed by atoms with Gasteiger partial charge in [-0.2, -0.15) is 0 Å². The van der Waals surface area contributed by atoms with Crippen LogP contribution >= 0.6 is 0 Å². The smallest absolute Gasteiger partial charge is 0.126 e. The highest BCUT2D eigenvalue weighted by molar-refractivity contribution is 5.18. The number of benzene rings is 2. The van der Waals surface area contributed by atoms with Crippen LogP contribution in [0.3, 0.4) is 0 Å². The van der Waals surface area contributed by atoms with Gasteiger partial charge in [-0.25, -0.2) is 13.2 Å². The first kappa shape index (κ1) is 18.9. The zero-order valence-corrected chi connectivity index (χ0v) is 14.5. The Kier molecular flexibility index (Phi) is 6.29. The van der Waals surface area contributed by atoms with Crippen molar-refractivity contribution < 1.29 is 18.3 Å². The standard InChI is InChI=1S/C20H23F3N2O/c21-17-3-1-15(2-4-17)13-25-7-6-24(14-20(25)5-8-26)12-16-9-18(22)11-19(23)10-16/h1-4,9-11,20,26H,5-8,12-14H2/t20-/m0/s1. The van der Waals surface area contributed by atoms with Gasteiger partial charge in [0.25, 0.3) is 0 Å². The second kappa shape index (κ2) is 8.66. The van der Waals surface area contributed by atoms with Gasteiger partial charge in [-0.3, -0.25) is 9.80 Å². The maximum absolute atomic E-state index is 13.4. The van der Waals surface area contributed by atoms with Crippen LogP contribution in [0.5, 0.6) is 0 Å². The van der Waals surface area contributed by atoms with Crippen molar-refractivity contribution in [3.8, 4) is 0 Å². The first-order valence-corrected chi connectivity index (χ1v) is 8.80. The molecule has 0 aliphatic carbocycles. The summed E-state index contributed by atoms with van der Waals surface area (Å²) in [6, 6.07) is 10.2. The minimum Gasteiger partial charge on any atom is -0.396 e. The van der Waals surface area contributed by atoms with Gasteiger partial charge in [-0.15, -0.1) is 0 Å². The molecule has 1 N–H and O–H groups in total. The molecule has 0 amide bonds. The topological polar surface area (TPSA) is 26.7 Å². The van der Waals surface area contributed by atoms with Crippen LogP contribution in [-0.4, -0.2) is 47.2 Å². The third kappa shape index (κ3) is 5.06. The normalized spacial score (nSPS) is 19.0. The van der Waals surface area contributed by atoms with E-state index in [4.69, 9.17) is 0 Å². The fourth-order valence-corrected chi connectivity index (χ4v) is 3.52. The van der Waals surface area contributed by atoms with Crippen molar-refractivity contribution >= 4 is 0 Å². The van der Waals surface area contributed by atoms with E-state index >= 15 is 0 Å². The first-order chi connectivity index (χ1) is 12.5. The van der Waals surface area contributed by atoms with E-state index < -0.39 is 11.6 Å². The second-order valence-electron chi connectivity index (χ2n) is 6.78. The Bertz CT molecular complexity index is 703. The average Bonchev–Trinajstić information content (AvgIpc) is 2.58. The third-order valence-corrected chi connectivity index (χ3v) is 4.78. The molecule has 0 unspecified atom stereocenters. The summed E-state index contributed by atoms with van der Waals surface area (Å²) in [5.74, 6) is -1.39. The number of nitrogens with zero attached hydrogens (tertiary/aromatic N) is 2. The van der Waals surface area contributed by atoms with E-state index in [1.54, 1.807) is 12.1 Å². The van der Waals surface area contributed by atoms with Gasteiger partial charge in [-0.1, -0.05) is 12.1 Å². The summed E-state index contributed by atoms with van der Waals surface area (Å²) in [6.07, 6.45) is 0.620. The van der Waals surface area contributed by atoms with Crippen molar-refractivity contribution in [2.24, 2.45) is 0 Å². The summed E-state index contributed by atoms with van der Waals surface area (Å²) in [6.45, 7) is 3.49. The fourth-order valence-electron chi connectivity index (χ4n) is 3.52. The molecule has 1 aliphatic heterocycles. The van der Waals surface area contributed by atoms with Crippen molar-refractivity contribution in [3.63, 3.8) is 0 Å². The van der Waals surface area contributed by atoms with E-state index in [1.165, 1.54) is 24.3 Å². The van der Waals surface area contributed by atoms with Crippen LogP contribution in [0, 0.1) is 17.5 Å². The molecule has 0 aromatic heterocycles. The zero-order chi connectivity index (χ0) is 18.5. The molecule has 26 heavy (non-hydrogen) atoms. The Morgan fingerprint density at radius 3 is 2.19 bits per heavy atom. The Hall–Kier alpha value is -1.89. The molecule has 0 saturated carbocycles. The lowest BCUT2D eigenvalue weighted by Crippen LogP contribution is -2.52. The monoisotopic (exact) mass is 364 g/mol. The zero-order valence-electron chi connectivity index (χ0n) is 14.5. The largest absolute Gasteiger partial charge is 0.396 e. The van der Waals surface area contributed by atoms with Gasteiger partial charge in [0.05, 0.1) is 0 Å². The highest BCUT2D eigenvalue weighted by Gasteiger charge is 2.26. The molecule has 0 spiro atoms. The van der Waals surface area contributed by atoms with E-state index in [1.807, 2.05) is 0 Å². The van der Waals surface area contributed by atoms with Gasteiger partial charge in [0.2, 0.25) is 0 Å². The Morgan fingerprint density at radius 2 is 1.54 bits per heavy atom. The molecule has 1 atom stereocenters. The van der Waals surface area contributed by atoms with E-state index in [0.29, 0.717) is 31.6 Å². The number of hydrogen-bond acceptors (Lipinski definition) is 3. The number of rotatable bonds is 6. The molecule has 0 radical (unpaired) electrons. The van der Waals surface area contributed by atoms with Crippen LogP contribution < -0.4 is 0 Å². The third-order valence-electron chi connectivity index (χ3n) is 4.78. The van der Waals surface area contributed by atoms with Gasteiger partial charge in [-0.05, 0) is 41.8 Å². The first-order valence-electron chi connectivity index (χ1n) is 8.80. The molecule has 1 saturated heterocycles.